The number of amides is 1. The van der Waals surface area contributed by atoms with Gasteiger partial charge >= 0.3 is 0 Å². The number of nitrogens with one attached hydrogen (secondary N) is 1. The van der Waals surface area contributed by atoms with Gasteiger partial charge < -0.3 is 11.1 Å². The first kappa shape index (κ1) is 16.6. The van der Waals surface area contributed by atoms with Gasteiger partial charge in [0.05, 0.1) is 6.54 Å². The summed E-state index contributed by atoms with van der Waals surface area (Å²) in [6.45, 7) is 8.02. The van der Waals surface area contributed by atoms with Crippen molar-refractivity contribution in [3.8, 4) is 0 Å². The SMILES string of the molecule is CCN(CC(=O)NCc1ccc(F)cc1)CC(C)(C)N. The average Bonchev–Trinajstić information content (AvgIpc) is 2.35. The maximum absolute atomic E-state index is 12.8. The fraction of sp³-hybridized carbons (Fsp3) is 0.533. The summed E-state index contributed by atoms with van der Waals surface area (Å²) in [5.74, 6) is -0.331. The standard InChI is InChI=1S/C15H24FN3O/c1-4-19(11-15(2,3)17)10-14(20)18-9-12-5-7-13(16)8-6-12/h5-8H,4,9-11,17H2,1-3H3,(H,18,20). The lowest BCUT2D eigenvalue weighted by atomic mass is 10.1. The summed E-state index contributed by atoms with van der Waals surface area (Å²) in [6, 6.07) is 6.10. The minimum absolute atomic E-state index is 0.0552. The minimum Gasteiger partial charge on any atom is -0.351 e. The van der Waals surface area contributed by atoms with Gasteiger partial charge in [-0.05, 0) is 38.1 Å². The highest BCUT2D eigenvalue weighted by Gasteiger charge is 2.17. The minimum atomic E-state index is -0.326. The number of carbonyl (C=O) groups excluding carboxylic acids is 1. The van der Waals surface area contributed by atoms with Crippen LogP contribution in [0.2, 0.25) is 0 Å². The zero-order chi connectivity index (χ0) is 15.2. The molecule has 1 aromatic carbocycles. The second-order valence-corrected chi connectivity index (χ2v) is 5.70. The molecular weight excluding hydrogens is 257 g/mol. The highest BCUT2D eigenvalue weighted by atomic mass is 19.1. The van der Waals surface area contributed by atoms with E-state index in [4.69, 9.17) is 5.73 Å². The third-order valence-electron chi connectivity index (χ3n) is 2.85. The molecule has 4 nitrogen and oxygen atoms in total. The topological polar surface area (TPSA) is 58.4 Å². The number of nitrogens with zero attached hydrogens (tertiary/aromatic N) is 1. The lowest BCUT2D eigenvalue weighted by Crippen LogP contribution is -2.48. The van der Waals surface area contributed by atoms with Gasteiger partial charge in [-0.1, -0.05) is 19.1 Å². The van der Waals surface area contributed by atoms with Crippen LogP contribution in [0.15, 0.2) is 24.3 Å². The van der Waals surface area contributed by atoms with E-state index < -0.39 is 0 Å². The van der Waals surface area contributed by atoms with Crippen molar-refractivity contribution in [2.45, 2.75) is 32.9 Å². The lowest BCUT2D eigenvalue weighted by molar-refractivity contribution is -0.122. The molecule has 3 N–H and O–H groups in total. The van der Waals surface area contributed by atoms with E-state index in [1.807, 2.05) is 25.7 Å². The van der Waals surface area contributed by atoms with Gasteiger partial charge in [0.15, 0.2) is 0 Å². The molecule has 112 valence electrons. The summed E-state index contributed by atoms with van der Waals surface area (Å²) in [5, 5.41) is 2.83. The Bertz CT molecular complexity index is 426. The predicted molar refractivity (Wildman–Crippen MR) is 78.6 cm³/mol. The highest BCUT2D eigenvalue weighted by molar-refractivity contribution is 5.78. The number of halogens is 1. The van der Waals surface area contributed by atoms with Gasteiger partial charge in [0, 0.05) is 18.6 Å². The van der Waals surface area contributed by atoms with Crippen LogP contribution in [0.3, 0.4) is 0 Å². The van der Waals surface area contributed by atoms with E-state index >= 15 is 0 Å². The van der Waals surface area contributed by atoms with Crippen LogP contribution >= 0.6 is 0 Å². The Morgan fingerprint density at radius 2 is 1.95 bits per heavy atom. The number of likely N-dealkylation sites (N-methyl/N-ethyl adjacent to an activating group) is 1. The van der Waals surface area contributed by atoms with Crippen LogP contribution in [-0.4, -0.2) is 36.0 Å². The first-order valence-corrected chi connectivity index (χ1v) is 6.82. The summed E-state index contributed by atoms with van der Waals surface area (Å²) in [5.41, 5.74) is 6.51. The van der Waals surface area contributed by atoms with Gasteiger partial charge in [-0.3, -0.25) is 9.69 Å². The third-order valence-corrected chi connectivity index (χ3v) is 2.85. The molecule has 0 atom stereocenters. The summed E-state index contributed by atoms with van der Waals surface area (Å²) < 4.78 is 12.8. The number of nitrogens with two attached hydrogens (primary N) is 1. The van der Waals surface area contributed by atoms with Crippen LogP contribution in [0.25, 0.3) is 0 Å². The maximum Gasteiger partial charge on any atom is 0.234 e. The maximum atomic E-state index is 12.8. The van der Waals surface area contributed by atoms with Crippen molar-refractivity contribution in [1.82, 2.24) is 10.2 Å². The smallest absolute Gasteiger partial charge is 0.234 e. The molecule has 1 aromatic rings. The van der Waals surface area contributed by atoms with E-state index in [9.17, 15) is 9.18 Å². The number of benzene rings is 1. The van der Waals surface area contributed by atoms with Crippen molar-refractivity contribution in [2.24, 2.45) is 5.73 Å². The first-order chi connectivity index (χ1) is 9.30. The third kappa shape index (κ3) is 6.63. The zero-order valence-corrected chi connectivity index (χ0v) is 12.4. The number of carbonyl (C=O) groups is 1. The molecule has 5 heteroatoms. The number of hydrogen-bond acceptors (Lipinski definition) is 3. The molecule has 1 amide bonds. The zero-order valence-electron chi connectivity index (χ0n) is 12.4. The fourth-order valence-electron chi connectivity index (χ4n) is 1.92. The van der Waals surface area contributed by atoms with Gasteiger partial charge in [0.2, 0.25) is 5.91 Å². The molecule has 0 saturated carbocycles. The molecule has 0 aliphatic carbocycles. The van der Waals surface area contributed by atoms with Gasteiger partial charge in [-0.15, -0.1) is 0 Å². The Kier molecular flexibility index (Phi) is 6.10. The van der Waals surface area contributed by atoms with Gasteiger partial charge in [0.1, 0.15) is 5.82 Å². The van der Waals surface area contributed by atoms with Crippen molar-refractivity contribution < 1.29 is 9.18 Å². The first-order valence-electron chi connectivity index (χ1n) is 6.82. The predicted octanol–water partition coefficient (Wildman–Crippen LogP) is 1.50. The number of hydrogen-bond donors (Lipinski definition) is 2. The Labute approximate surface area is 120 Å². The van der Waals surface area contributed by atoms with E-state index in [1.165, 1.54) is 12.1 Å². The molecule has 0 radical (unpaired) electrons. The van der Waals surface area contributed by atoms with Crippen molar-refractivity contribution in [1.29, 1.82) is 0 Å². The molecule has 0 unspecified atom stereocenters. The van der Waals surface area contributed by atoms with Crippen LogP contribution in [0.4, 0.5) is 4.39 Å². The molecule has 0 heterocycles. The molecule has 0 bridgehead atoms. The van der Waals surface area contributed by atoms with Crippen LogP contribution in [0.1, 0.15) is 26.3 Å². The van der Waals surface area contributed by atoms with Crippen molar-refractivity contribution >= 4 is 5.91 Å². The molecule has 0 fully saturated rings. The molecule has 0 aliphatic rings. The van der Waals surface area contributed by atoms with Crippen molar-refractivity contribution in [3.63, 3.8) is 0 Å². The molecule has 0 saturated heterocycles. The molecule has 0 spiro atoms. The number of rotatable bonds is 7. The van der Waals surface area contributed by atoms with Crippen LogP contribution in [0.5, 0.6) is 0 Å². The van der Waals surface area contributed by atoms with E-state index in [0.717, 1.165) is 12.1 Å². The lowest BCUT2D eigenvalue weighted by Gasteiger charge is -2.28. The summed E-state index contributed by atoms with van der Waals surface area (Å²) >= 11 is 0. The van der Waals surface area contributed by atoms with Gasteiger partial charge in [0.25, 0.3) is 0 Å². The molecule has 0 aromatic heterocycles. The normalized spacial score (nSPS) is 11.7. The van der Waals surface area contributed by atoms with Crippen LogP contribution in [0, 0.1) is 5.82 Å². The Morgan fingerprint density at radius 1 is 1.35 bits per heavy atom. The van der Waals surface area contributed by atoms with Crippen molar-refractivity contribution in [3.05, 3.63) is 35.6 Å². The Balaban J connectivity index is 2.40. The van der Waals surface area contributed by atoms with E-state index in [2.05, 4.69) is 5.32 Å². The Hall–Kier alpha value is -1.46. The van der Waals surface area contributed by atoms with Crippen LogP contribution in [-0.2, 0) is 11.3 Å². The van der Waals surface area contributed by atoms with Gasteiger partial charge in [-0.2, -0.15) is 0 Å². The molecule has 0 aliphatic heterocycles. The molecular formula is C15H24FN3O. The van der Waals surface area contributed by atoms with E-state index in [0.29, 0.717) is 19.6 Å². The van der Waals surface area contributed by atoms with Crippen molar-refractivity contribution in [2.75, 3.05) is 19.6 Å². The average molecular weight is 281 g/mol. The monoisotopic (exact) mass is 281 g/mol. The van der Waals surface area contributed by atoms with E-state index in [1.54, 1.807) is 12.1 Å². The molecule has 20 heavy (non-hydrogen) atoms. The van der Waals surface area contributed by atoms with E-state index in [-0.39, 0.29) is 17.3 Å². The van der Waals surface area contributed by atoms with Crippen LogP contribution < -0.4 is 11.1 Å². The summed E-state index contributed by atoms with van der Waals surface area (Å²) in [4.78, 5) is 13.9. The fourth-order valence-corrected chi connectivity index (χ4v) is 1.92. The molecule has 1 rings (SSSR count). The largest absolute Gasteiger partial charge is 0.351 e. The summed E-state index contributed by atoms with van der Waals surface area (Å²) in [7, 11) is 0. The van der Waals surface area contributed by atoms with Gasteiger partial charge in [-0.25, -0.2) is 4.39 Å². The summed E-state index contributed by atoms with van der Waals surface area (Å²) in [6.07, 6.45) is 0. The second-order valence-electron chi connectivity index (χ2n) is 5.70. The second kappa shape index (κ2) is 7.36. The Morgan fingerprint density at radius 3 is 2.45 bits per heavy atom. The quantitative estimate of drug-likeness (QED) is 0.796. The highest BCUT2D eigenvalue weighted by Crippen LogP contribution is 2.03.